The van der Waals surface area contributed by atoms with Crippen molar-refractivity contribution >= 4 is 15.5 Å². The molecule has 13 heteroatoms. The summed E-state index contributed by atoms with van der Waals surface area (Å²) in [6, 6.07) is 4.76. The second-order valence-corrected chi connectivity index (χ2v) is 12.2. The Hall–Kier alpha value is -2.84. The summed E-state index contributed by atoms with van der Waals surface area (Å²) in [5.74, 6) is 1.38. The van der Waals surface area contributed by atoms with Crippen LogP contribution in [0.25, 0.3) is 16.9 Å². The lowest BCUT2D eigenvalue weighted by atomic mass is 10.2. The summed E-state index contributed by atoms with van der Waals surface area (Å²) in [4.78, 5) is 25.3. The third kappa shape index (κ3) is 5.93. The van der Waals surface area contributed by atoms with Gasteiger partial charge in [-0.25, -0.2) is 17.9 Å². The number of hydrogen-bond donors (Lipinski definition) is 1. The number of piperazine rings is 1. The number of nitrogens with one attached hydrogen (secondary N) is 1. The molecule has 0 amide bonds. The van der Waals surface area contributed by atoms with Gasteiger partial charge in [0.25, 0.3) is 5.56 Å². The number of sulfonamides is 1. The maximum atomic E-state index is 13.7. The van der Waals surface area contributed by atoms with E-state index in [0.717, 1.165) is 45.8 Å². The summed E-state index contributed by atoms with van der Waals surface area (Å²) >= 11 is 0. The first-order chi connectivity index (χ1) is 19.3. The van der Waals surface area contributed by atoms with Crippen molar-refractivity contribution in [1.82, 2.24) is 33.7 Å². The van der Waals surface area contributed by atoms with Crippen LogP contribution in [0.2, 0.25) is 0 Å². The van der Waals surface area contributed by atoms with Gasteiger partial charge in [0, 0.05) is 58.8 Å². The number of ether oxygens (including phenoxy) is 2. The van der Waals surface area contributed by atoms with Gasteiger partial charge >= 0.3 is 0 Å². The first-order valence-electron chi connectivity index (χ1n) is 14.1. The van der Waals surface area contributed by atoms with Crippen LogP contribution < -0.4 is 10.3 Å². The van der Waals surface area contributed by atoms with E-state index >= 15 is 0 Å². The molecule has 0 aliphatic carbocycles. The second kappa shape index (κ2) is 12.4. The van der Waals surface area contributed by atoms with Gasteiger partial charge in [0.1, 0.15) is 11.6 Å². The van der Waals surface area contributed by atoms with E-state index in [2.05, 4.69) is 24.9 Å². The Labute approximate surface area is 234 Å². The predicted octanol–water partition coefficient (Wildman–Crippen LogP) is 1.38. The van der Waals surface area contributed by atoms with Crippen LogP contribution in [0.3, 0.4) is 0 Å². The molecular formula is C27H39N7O5S. The maximum absolute atomic E-state index is 13.7. The highest BCUT2D eigenvalue weighted by Crippen LogP contribution is 2.31. The highest BCUT2D eigenvalue weighted by atomic mass is 32.2. The van der Waals surface area contributed by atoms with E-state index in [-0.39, 0.29) is 16.3 Å². The fraction of sp³-hybridized carbons (Fsp3) is 0.593. The fourth-order valence-electron chi connectivity index (χ4n) is 5.33. The van der Waals surface area contributed by atoms with E-state index in [1.807, 2.05) is 13.8 Å². The highest BCUT2D eigenvalue weighted by Gasteiger charge is 2.30. The van der Waals surface area contributed by atoms with Gasteiger partial charge in [-0.15, -0.1) is 5.10 Å². The summed E-state index contributed by atoms with van der Waals surface area (Å²) in [6.07, 6.45) is 1.51. The number of aromatic nitrogens is 4. The SMILES string of the molecule is CCCc1nc(C)c2c(=O)[nH]c(-c3cc(S(=O)(=O)N4CCN(CCN5CCOCC5)CC4)ccc3OCC)nn12. The first kappa shape index (κ1) is 28.7. The van der Waals surface area contributed by atoms with Crippen LogP contribution >= 0.6 is 0 Å². The summed E-state index contributed by atoms with van der Waals surface area (Å²) in [6.45, 7) is 13.6. The maximum Gasteiger partial charge on any atom is 0.277 e. The van der Waals surface area contributed by atoms with Gasteiger partial charge in [-0.2, -0.15) is 4.31 Å². The average molecular weight is 574 g/mol. The Morgan fingerprint density at radius 3 is 2.40 bits per heavy atom. The number of hydrogen-bond acceptors (Lipinski definition) is 9. The number of rotatable bonds is 10. The number of nitrogens with zero attached hydrogens (tertiary/aromatic N) is 6. The molecule has 2 aromatic heterocycles. The average Bonchev–Trinajstić information content (AvgIpc) is 3.28. The van der Waals surface area contributed by atoms with Crippen molar-refractivity contribution in [2.75, 3.05) is 72.2 Å². The minimum Gasteiger partial charge on any atom is -0.493 e. The zero-order chi connectivity index (χ0) is 28.3. The third-order valence-corrected chi connectivity index (χ3v) is 9.42. The molecule has 12 nitrogen and oxygen atoms in total. The normalized spacial score (nSPS) is 18.0. The Morgan fingerprint density at radius 1 is 1.02 bits per heavy atom. The van der Waals surface area contributed by atoms with Crippen LogP contribution in [0.5, 0.6) is 5.75 Å². The number of aromatic amines is 1. The molecule has 0 radical (unpaired) electrons. The van der Waals surface area contributed by atoms with Gasteiger partial charge in [-0.3, -0.25) is 14.6 Å². The van der Waals surface area contributed by atoms with Crippen molar-refractivity contribution in [3.8, 4) is 17.1 Å². The zero-order valence-electron chi connectivity index (χ0n) is 23.6. The van der Waals surface area contributed by atoms with Crippen molar-refractivity contribution in [2.24, 2.45) is 0 Å². The van der Waals surface area contributed by atoms with Gasteiger partial charge < -0.3 is 14.5 Å². The quantitative estimate of drug-likeness (QED) is 0.383. The Kier molecular flexibility index (Phi) is 8.86. The molecule has 218 valence electrons. The van der Waals surface area contributed by atoms with Gasteiger partial charge in [0.05, 0.1) is 36.0 Å². The van der Waals surface area contributed by atoms with Gasteiger partial charge in [0.2, 0.25) is 10.0 Å². The fourth-order valence-corrected chi connectivity index (χ4v) is 6.78. The number of aryl methyl sites for hydroxylation is 2. The molecule has 1 aromatic carbocycles. The van der Waals surface area contributed by atoms with Crippen molar-refractivity contribution in [2.45, 2.75) is 38.5 Å². The molecule has 4 heterocycles. The van der Waals surface area contributed by atoms with Gasteiger partial charge in [-0.1, -0.05) is 6.92 Å². The molecule has 0 bridgehead atoms. The Bertz CT molecular complexity index is 1490. The molecule has 0 spiro atoms. The molecule has 5 rings (SSSR count). The van der Waals surface area contributed by atoms with Crippen molar-refractivity contribution in [1.29, 1.82) is 0 Å². The van der Waals surface area contributed by atoms with Crippen LogP contribution in [0, 0.1) is 6.92 Å². The predicted molar refractivity (Wildman–Crippen MR) is 151 cm³/mol. The number of morpholine rings is 1. The van der Waals surface area contributed by atoms with E-state index in [9.17, 15) is 13.2 Å². The van der Waals surface area contributed by atoms with Crippen molar-refractivity contribution in [3.05, 3.63) is 40.1 Å². The molecule has 3 aromatic rings. The summed E-state index contributed by atoms with van der Waals surface area (Å²) in [5.41, 5.74) is 1.08. The first-order valence-corrected chi connectivity index (χ1v) is 15.5. The molecule has 2 aliphatic heterocycles. The number of benzene rings is 1. The Morgan fingerprint density at radius 2 is 1.73 bits per heavy atom. The van der Waals surface area contributed by atoms with Crippen LogP contribution in [-0.2, 0) is 21.2 Å². The number of fused-ring (bicyclic) bond motifs is 1. The van der Waals surface area contributed by atoms with Crippen molar-refractivity contribution in [3.63, 3.8) is 0 Å². The lowest BCUT2D eigenvalue weighted by Crippen LogP contribution is -2.50. The van der Waals surface area contributed by atoms with E-state index < -0.39 is 10.0 Å². The third-order valence-electron chi connectivity index (χ3n) is 7.53. The molecule has 0 saturated carbocycles. The number of imidazole rings is 1. The van der Waals surface area contributed by atoms with Crippen LogP contribution in [0.4, 0.5) is 0 Å². The molecule has 2 fully saturated rings. The lowest BCUT2D eigenvalue weighted by molar-refractivity contribution is 0.0317. The smallest absolute Gasteiger partial charge is 0.277 e. The zero-order valence-corrected chi connectivity index (χ0v) is 24.4. The minimum absolute atomic E-state index is 0.144. The molecule has 40 heavy (non-hydrogen) atoms. The van der Waals surface area contributed by atoms with E-state index in [1.165, 1.54) is 4.31 Å². The molecule has 2 saturated heterocycles. The monoisotopic (exact) mass is 573 g/mol. The Balaban J connectivity index is 1.39. The van der Waals surface area contributed by atoms with Gasteiger partial charge in [-0.05, 0) is 38.5 Å². The molecule has 0 atom stereocenters. The van der Waals surface area contributed by atoms with Crippen LogP contribution in [0.1, 0.15) is 31.8 Å². The number of H-pyrrole nitrogens is 1. The second-order valence-electron chi connectivity index (χ2n) is 10.2. The lowest BCUT2D eigenvalue weighted by Gasteiger charge is -2.35. The van der Waals surface area contributed by atoms with E-state index in [4.69, 9.17) is 9.47 Å². The van der Waals surface area contributed by atoms with Gasteiger partial charge in [0.15, 0.2) is 11.3 Å². The van der Waals surface area contributed by atoms with Crippen molar-refractivity contribution < 1.29 is 17.9 Å². The molecule has 1 N–H and O–H groups in total. The van der Waals surface area contributed by atoms with Crippen LogP contribution in [0.15, 0.2) is 27.9 Å². The molecular weight excluding hydrogens is 534 g/mol. The molecule has 0 unspecified atom stereocenters. The summed E-state index contributed by atoms with van der Waals surface area (Å²) in [7, 11) is -3.76. The van der Waals surface area contributed by atoms with E-state index in [0.29, 0.717) is 67.6 Å². The van der Waals surface area contributed by atoms with E-state index in [1.54, 1.807) is 29.6 Å². The summed E-state index contributed by atoms with van der Waals surface area (Å²) in [5, 5.41) is 4.68. The summed E-state index contributed by atoms with van der Waals surface area (Å²) < 4.78 is 41.8. The highest BCUT2D eigenvalue weighted by molar-refractivity contribution is 7.89. The van der Waals surface area contributed by atoms with Crippen LogP contribution in [-0.4, -0.2) is 114 Å². The minimum atomic E-state index is -3.76. The largest absolute Gasteiger partial charge is 0.493 e. The standard InChI is InChI=1S/C27H39N7O5S/c1-4-6-24-28-20(3)25-27(35)29-26(30-34(24)25)22-19-21(7-8-23(22)39-5-2)40(36,37)33-13-11-31(12-14-33)9-10-32-15-17-38-18-16-32/h7-8,19H,4-6,9-18H2,1-3H3,(H,29,30,35). The topological polar surface area (TPSA) is 125 Å². The molecule has 2 aliphatic rings.